The molecular weight excluding hydrogens is 330 g/mol. The number of hydrogen-bond donors (Lipinski definition) is 1. The average Bonchev–Trinajstić information content (AvgIpc) is 3.11. The van der Waals surface area contributed by atoms with Crippen LogP contribution in [-0.4, -0.2) is 65.2 Å². The number of carbonyl (C=O) groups excluding carboxylic acids is 1. The number of para-hydroxylation sites is 2. The summed E-state index contributed by atoms with van der Waals surface area (Å²) in [6.07, 6.45) is -0.886. The fourth-order valence-corrected chi connectivity index (χ4v) is 3.26. The fraction of sp³-hybridized carbons (Fsp3) is 0.500. The normalized spacial score (nSPS) is 23.5. The van der Waals surface area contributed by atoms with Gasteiger partial charge in [-0.15, -0.1) is 0 Å². The van der Waals surface area contributed by atoms with Gasteiger partial charge in [-0.2, -0.15) is 0 Å². The highest BCUT2D eigenvalue weighted by Crippen LogP contribution is 2.29. The number of carbonyl (C=O) groups is 2. The number of carboxylic acid groups (broad SMARTS) is 1. The summed E-state index contributed by atoms with van der Waals surface area (Å²) in [6.45, 7) is 1.79. The first-order chi connectivity index (χ1) is 12.0. The van der Waals surface area contributed by atoms with Gasteiger partial charge in [0.25, 0.3) is 11.6 Å². The Balaban J connectivity index is 1.60. The van der Waals surface area contributed by atoms with E-state index in [1.54, 1.807) is 23.1 Å². The van der Waals surface area contributed by atoms with Crippen molar-refractivity contribution in [1.29, 1.82) is 0 Å². The van der Waals surface area contributed by atoms with Crippen molar-refractivity contribution in [3.63, 3.8) is 0 Å². The number of hydrogen-bond acceptors (Lipinski definition) is 6. The van der Waals surface area contributed by atoms with Crippen molar-refractivity contribution < 1.29 is 24.4 Å². The van der Waals surface area contributed by atoms with Gasteiger partial charge in [0.05, 0.1) is 4.92 Å². The van der Waals surface area contributed by atoms with Crippen LogP contribution in [0.2, 0.25) is 0 Å². The summed E-state index contributed by atoms with van der Waals surface area (Å²) < 4.78 is 5.31. The van der Waals surface area contributed by atoms with Crippen LogP contribution in [0.25, 0.3) is 0 Å². The molecule has 2 aliphatic rings. The second-order valence-corrected chi connectivity index (χ2v) is 6.09. The number of nitro benzene ring substituents is 1. The minimum atomic E-state index is -1.04. The van der Waals surface area contributed by atoms with E-state index in [4.69, 9.17) is 9.84 Å². The van der Waals surface area contributed by atoms with E-state index in [0.717, 1.165) is 0 Å². The van der Waals surface area contributed by atoms with Crippen molar-refractivity contribution in [2.45, 2.75) is 25.0 Å². The second-order valence-electron chi connectivity index (χ2n) is 6.09. The first kappa shape index (κ1) is 17.2. The summed E-state index contributed by atoms with van der Waals surface area (Å²) in [4.78, 5) is 37.6. The predicted octanol–water partition coefficient (Wildman–Crippen LogP) is 0.876. The van der Waals surface area contributed by atoms with E-state index in [2.05, 4.69) is 0 Å². The molecule has 0 aromatic heterocycles. The van der Waals surface area contributed by atoms with Crippen molar-refractivity contribution in [2.75, 3.05) is 31.1 Å². The molecular formula is C16H19N3O6. The third-order valence-corrected chi connectivity index (χ3v) is 4.58. The van der Waals surface area contributed by atoms with E-state index < -0.39 is 23.1 Å². The summed E-state index contributed by atoms with van der Waals surface area (Å²) in [5, 5.41) is 20.1. The fourth-order valence-electron chi connectivity index (χ4n) is 3.26. The van der Waals surface area contributed by atoms with E-state index in [0.29, 0.717) is 44.7 Å². The highest BCUT2D eigenvalue weighted by Gasteiger charge is 2.37. The lowest BCUT2D eigenvalue weighted by Crippen LogP contribution is -2.51. The standard InChI is InChI=1S/C16H19N3O6/c20-15(13-5-6-14(25-13)16(21)22)18-9-7-17(8-10-18)11-3-1-2-4-12(11)19(23)24/h1-4,13-14H,5-10H2,(H,21,22)/t13-,14+/m0/s1. The zero-order chi connectivity index (χ0) is 18.0. The SMILES string of the molecule is O=C(O)[C@H]1CC[C@@H](C(=O)N2CCN(c3ccccc3[N+](=O)[O-])CC2)O1. The maximum atomic E-state index is 12.5. The maximum absolute atomic E-state index is 12.5. The van der Waals surface area contributed by atoms with Crippen LogP contribution in [0, 0.1) is 10.1 Å². The van der Waals surface area contributed by atoms with Gasteiger partial charge in [-0.05, 0) is 18.9 Å². The summed E-state index contributed by atoms with van der Waals surface area (Å²) >= 11 is 0. The highest BCUT2D eigenvalue weighted by atomic mass is 16.6. The van der Waals surface area contributed by atoms with Crippen molar-refractivity contribution in [3.05, 3.63) is 34.4 Å². The van der Waals surface area contributed by atoms with Gasteiger partial charge in [0, 0.05) is 32.2 Å². The third kappa shape index (κ3) is 3.55. The molecule has 25 heavy (non-hydrogen) atoms. The third-order valence-electron chi connectivity index (χ3n) is 4.58. The van der Waals surface area contributed by atoms with Gasteiger partial charge in [-0.1, -0.05) is 12.1 Å². The molecule has 2 saturated heterocycles. The van der Waals surface area contributed by atoms with Crippen LogP contribution in [0.3, 0.4) is 0 Å². The molecule has 134 valence electrons. The molecule has 1 aromatic carbocycles. The zero-order valence-corrected chi connectivity index (χ0v) is 13.5. The molecule has 1 aromatic rings. The van der Waals surface area contributed by atoms with Crippen LogP contribution in [-0.2, 0) is 14.3 Å². The molecule has 2 aliphatic heterocycles. The summed E-state index contributed by atoms with van der Waals surface area (Å²) in [5.41, 5.74) is 0.591. The first-order valence-electron chi connectivity index (χ1n) is 8.13. The number of rotatable bonds is 4. The van der Waals surface area contributed by atoms with Gasteiger partial charge < -0.3 is 19.6 Å². The molecule has 9 heteroatoms. The van der Waals surface area contributed by atoms with Crippen molar-refractivity contribution in [1.82, 2.24) is 4.90 Å². The van der Waals surface area contributed by atoms with Crippen LogP contribution >= 0.6 is 0 Å². The molecule has 0 aliphatic carbocycles. The Labute approximate surface area is 143 Å². The molecule has 9 nitrogen and oxygen atoms in total. The molecule has 2 heterocycles. The number of ether oxygens (including phenoxy) is 1. The number of amides is 1. The van der Waals surface area contributed by atoms with Crippen LogP contribution in [0.1, 0.15) is 12.8 Å². The minimum Gasteiger partial charge on any atom is -0.479 e. The molecule has 0 unspecified atom stereocenters. The smallest absolute Gasteiger partial charge is 0.332 e. The maximum Gasteiger partial charge on any atom is 0.332 e. The van der Waals surface area contributed by atoms with E-state index >= 15 is 0 Å². The number of aliphatic carboxylic acids is 1. The molecule has 1 amide bonds. The molecule has 0 radical (unpaired) electrons. The van der Waals surface area contributed by atoms with Crippen molar-refractivity contribution >= 4 is 23.3 Å². The number of anilines is 1. The Morgan fingerprint density at radius 2 is 1.76 bits per heavy atom. The number of nitro groups is 1. The molecule has 0 spiro atoms. The summed E-state index contributed by atoms with van der Waals surface area (Å²) in [5.74, 6) is -1.25. The van der Waals surface area contributed by atoms with Crippen molar-refractivity contribution in [2.24, 2.45) is 0 Å². The topological polar surface area (TPSA) is 113 Å². The van der Waals surface area contributed by atoms with Crippen molar-refractivity contribution in [3.8, 4) is 0 Å². The number of carboxylic acids is 1. The molecule has 3 rings (SSSR count). The minimum absolute atomic E-state index is 0.0469. The quantitative estimate of drug-likeness (QED) is 0.634. The largest absolute Gasteiger partial charge is 0.479 e. The van der Waals surface area contributed by atoms with E-state index in [-0.39, 0.29) is 11.6 Å². The Hall–Kier alpha value is -2.68. The number of piperazine rings is 1. The lowest BCUT2D eigenvalue weighted by Gasteiger charge is -2.36. The summed E-state index contributed by atoms with van der Waals surface area (Å²) in [7, 11) is 0. The van der Waals surface area contributed by atoms with Crippen LogP contribution in [0.4, 0.5) is 11.4 Å². The van der Waals surface area contributed by atoms with E-state index in [1.807, 2.05) is 4.90 Å². The molecule has 0 bridgehead atoms. The van der Waals surface area contributed by atoms with Gasteiger partial charge in [0.2, 0.25) is 0 Å². The monoisotopic (exact) mass is 349 g/mol. The van der Waals surface area contributed by atoms with Crippen LogP contribution in [0.15, 0.2) is 24.3 Å². The average molecular weight is 349 g/mol. The lowest BCUT2D eigenvalue weighted by atomic mass is 10.1. The molecule has 1 N–H and O–H groups in total. The highest BCUT2D eigenvalue weighted by molar-refractivity contribution is 5.83. The lowest BCUT2D eigenvalue weighted by molar-refractivity contribution is -0.384. The Bertz CT molecular complexity index is 686. The second kappa shape index (κ2) is 7.06. The predicted molar refractivity (Wildman–Crippen MR) is 87.4 cm³/mol. The zero-order valence-electron chi connectivity index (χ0n) is 13.5. The Morgan fingerprint density at radius 1 is 1.12 bits per heavy atom. The van der Waals surface area contributed by atoms with Crippen LogP contribution in [0.5, 0.6) is 0 Å². The molecule has 2 fully saturated rings. The number of benzene rings is 1. The van der Waals surface area contributed by atoms with Gasteiger partial charge >= 0.3 is 5.97 Å². The van der Waals surface area contributed by atoms with Gasteiger partial charge in [-0.3, -0.25) is 14.9 Å². The van der Waals surface area contributed by atoms with Gasteiger partial charge in [-0.25, -0.2) is 4.79 Å². The van der Waals surface area contributed by atoms with E-state index in [1.165, 1.54) is 6.07 Å². The summed E-state index contributed by atoms with van der Waals surface area (Å²) in [6, 6.07) is 6.54. The van der Waals surface area contributed by atoms with E-state index in [9.17, 15) is 19.7 Å². The Kier molecular flexibility index (Phi) is 4.84. The van der Waals surface area contributed by atoms with Gasteiger partial charge in [0.15, 0.2) is 6.10 Å². The number of nitrogens with zero attached hydrogens (tertiary/aromatic N) is 3. The molecule has 0 saturated carbocycles. The Morgan fingerprint density at radius 3 is 2.36 bits per heavy atom. The first-order valence-corrected chi connectivity index (χ1v) is 8.13. The molecule has 2 atom stereocenters. The van der Waals surface area contributed by atoms with Crippen LogP contribution < -0.4 is 4.90 Å². The van der Waals surface area contributed by atoms with Gasteiger partial charge in [0.1, 0.15) is 11.8 Å².